The smallest absolute Gasteiger partial charge is 0.407 e. The summed E-state index contributed by atoms with van der Waals surface area (Å²) in [5.41, 5.74) is 1.34. The van der Waals surface area contributed by atoms with Crippen molar-refractivity contribution in [2.24, 2.45) is 0 Å². The van der Waals surface area contributed by atoms with Crippen LogP contribution in [-0.4, -0.2) is 34.3 Å². The van der Waals surface area contributed by atoms with E-state index in [0.717, 1.165) is 22.5 Å². The molecular formula is C24H27FN2O5. The third-order valence-corrected chi connectivity index (χ3v) is 4.81. The van der Waals surface area contributed by atoms with Gasteiger partial charge in [-0.15, -0.1) is 0 Å². The fraction of sp³-hybridized carbons (Fsp3) is 0.333. The van der Waals surface area contributed by atoms with Crippen LogP contribution in [0.4, 0.5) is 9.18 Å². The number of carboxylic acids is 1. The number of nitrogens with one attached hydrogen (secondary N) is 2. The zero-order chi connectivity index (χ0) is 23.5. The average Bonchev–Trinajstić information content (AvgIpc) is 3.09. The lowest BCUT2D eigenvalue weighted by atomic mass is 10.1. The van der Waals surface area contributed by atoms with E-state index in [-0.39, 0.29) is 23.3 Å². The number of rotatable bonds is 7. The molecule has 170 valence electrons. The van der Waals surface area contributed by atoms with Gasteiger partial charge < -0.3 is 24.9 Å². The number of halogens is 1. The van der Waals surface area contributed by atoms with Gasteiger partial charge in [0.2, 0.25) is 0 Å². The van der Waals surface area contributed by atoms with E-state index < -0.39 is 23.5 Å². The summed E-state index contributed by atoms with van der Waals surface area (Å²) in [6.45, 7) is 7.51. The molecule has 1 amide bonds. The van der Waals surface area contributed by atoms with Crippen molar-refractivity contribution >= 4 is 23.0 Å². The summed E-state index contributed by atoms with van der Waals surface area (Å²) in [6.07, 6.45) is 2.19. The average molecular weight is 442 g/mol. The molecule has 0 aliphatic heterocycles. The normalized spacial score (nSPS) is 11.4. The molecule has 0 bridgehead atoms. The zero-order valence-corrected chi connectivity index (χ0v) is 18.5. The largest absolute Gasteiger partial charge is 0.478 e. The number of fused-ring (bicyclic) bond motifs is 1. The summed E-state index contributed by atoms with van der Waals surface area (Å²) in [7, 11) is 0. The number of aromatic carboxylic acids is 1. The van der Waals surface area contributed by atoms with Crippen molar-refractivity contribution in [1.29, 1.82) is 0 Å². The fourth-order valence-corrected chi connectivity index (χ4v) is 3.38. The first-order chi connectivity index (χ1) is 15.1. The van der Waals surface area contributed by atoms with Crippen LogP contribution >= 0.6 is 0 Å². The Morgan fingerprint density at radius 3 is 2.59 bits per heavy atom. The Hall–Kier alpha value is -3.55. The van der Waals surface area contributed by atoms with Gasteiger partial charge in [0.1, 0.15) is 28.5 Å². The van der Waals surface area contributed by atoms with Crippen molar-refractivity contribution in [2.75, 3.05) is 6.54 Å². The lowest BCUT2D eigenvalue weighted by Gasteiger charge is -2.19. The van der Waals surface area contributed by atoms with Crippen LogP contribution in [0.25, 0.3) is 10.9 Å². The van der Waals surface area contributed by atoms with E-state index in [0.29, 0.717) is 18.7 Å². The van der Waals surface area contributed by atoms with Gasteiger partial charge in [-0.2, -0.15) is 0 Å². The minimum absolute atomic E-state index is 0.00280. The molecule has 0 saturated heterocycles. The monoisotopic (exact) mass is 442 g/mol. The summed E-state index contributed by atoms with van der Waals surface area (Å²) in [5, 5.41) is 13.1. The van der Waals surface area contributed by atoms with Crippen LogP contribution in [0.3, 0.4) is 0 Å². The number of hydrogen-bond donors (Lipinski definition) is 3. The van der Waals surface area contributed by atoms with Crippen LogP contribution in [0.5, 0.6) is 11.5 Å². The van der Waals surface area contributed by atoms with Crippen LogP contribution in [-0.2, 0) is 17.6 Å². The molecule has 1 heterocycles. The van der Waals surface area contributed by atoms with Crippen molar-refractivity contribution in [2.45, 2.75) is 46.1 Å². The van der Waals surface area contributed by atoms with Gasteiger partial charge in [-0.1, -0.05) is 6.92 Å². The van der Waals surface area contributed by atoms with Crippen LogP contribution < -0.4 is 10.1 Å². The summed E-state index contributed by atoms with van der Waals surface area (Å²) in [6, 6.07) is 7.61. The van der Waals surface area contributed by atoms with Crippen molar-refractivity contribution in [1.82, 2.24) is 10.3 Å². The van der Waals surface area contributed by atoms with E-state index in [1.165, 1.54) is 6.07 Å². The Morgan fingerprint density at radius 2 is 1.94 bits per heavy atom. The highest BCUT2D eigenvalue weighted by Crippen LogP contribution is 2.34. The number of carbonyl (C=O) groups excluding carboxylic acids is 1. The number of carbonyl (C=O) groups is 2. The SMILES string of the molecule is CCc1c(F)ccc(C(=O)O)c1Oc1ccc2[nH]cc(CCNC(=O)OC(C)(C)C)c2c1. The number of aromatic nitrogens is 1. The van der Waals surface area contributed by atoms with Gasteiger partial charge >= 0.3 is 12.1 Å². The highest BCUT2D eigenvalue weighted by molar-refractivity contribution is 5.92. The zero-order valence-electron chi connectivity index (χ0n) is 18.5. The van der Waals surface area contributed by atoms with Crippen LogP contribution in [0.15, 0.2) is 36.5 Å². The first-order valence-electron chi connectivity index (χ1n) is 10.4. The Balaban J connectivity index is 1.82. The lowest BCUT2D eigenvalue weighted by molar-refractivity contribution is 0.0527. The molecule has 0 radical (unpaired) electrons. The maximum absolute atomic E-state index is 14.2. The van der Waals surface area contributed by atoms with Gasteiger partial charge in [0.25, 0.3) is 0 Å². The highest BCUT2D eigenvalue weighted by atomic mass is 19.1. The van der Waals surface area contributed by atoms with Gasteiger partial charge in [-0.25, -0.2) is 14.0 Å². The summed E-state index contributed by atoms with van der Waals surface area (Å²) in [4.78, 5) is 26.6. The van der Waals surface area contributed by atoms with Gasteiger partial charge in [-0.3, -0.25) is 0 Å². The van der Waals surface area contributed by atoms with Crippen LogP contribution in [0, 0.1) is 5.82 Å². The summed E-state index contributed by atoms with van der Waals surface area (Å²) < 4.78 is 25.4. The molecule has 3 aromatic rings. The van der Waals surface area contributed by atoms with Gasteiger partial charge in [-0.05, 0) is 69.5 Å². The second-order valence-electron chi connectivity index (χ2n) is 8.36. The molecule has 0 atom stereocenters. The standard InChI is InChI=1S/C24H27FN2O5/c1-5-16-19(25)8-7-17(22(28)29)21(16)31-15-6-9-20-18(12-15)14(13-27-20)10-11-26-23(30)32-24(2,3)4/h6-9,12-13,27H,5,10-11H2,1-4H3,(H,26,30)(H,28,29). The van der Waals surface area contributed by atoms with E-state index in [1.807, 2.05) is 6.20 Å². The Morgan fingerprint density at radius 1 is 1.19 bits per heavy atom. The molecule has 8 heteroatoms. The number of amides is 1. The molecule has 7 nitrogen and oxygen atoms in total. The molecular weight excluding hydrogens is 415 g/mol. The molecule has 32 heavy (non-hydrogen) atoms. The Bertz CT molecular complexity index is 1150. The van der Waals surface area contributed by atoms with Crippen molar-refractivity contribution < 1.29 is 28.6 Å². The predicted octanol–water partition coefficient (Wildman–Crippen LogP) is 5.43. The predicted molar refractivity (Wildman–Crippen MR) is 119 cm³/mol. The van der Waals surface area contributed by atoms with Crippen molar-refractivity contribution in [3.63, 3.8) is 0 Å². The summed E-state index contributed by atoms with van der Waals surface area (Å²) in [5.74, 6) is -1.31. The minimum Gasteiger partial charge on any atom is -0.478 e. The van der Waals surface area contributed by atoms with Gasteiger partial charge in [0, 0.05) is 29.2 Å². The first-order valence-corrected chi connectivity index (χ1v) is 10.4. The number of alkyl carbamates (subject to hydrolysis) is 1. The topological polar surface area (TPSA) is 101 Å². The molecule has 0 saturated carbocycles. The van der Waals surface area contributed by atoms with E-state index in [2.05, 4.69) is 10.3 Å². The molecule has 0 aliphatic rings. The number of carboxylic acid groups (broad SMARTS) is 1. The molecule has 2 aromatic carbocycles. The van der Waals surface area contributed by atoms with Crippen LogP contribution in [0.1, 0.15) is 49.2 Å². The van der Waals surface area contributed by atoms with E-state index >= 15 is 0 Å². The third kappa shape index (κ3) is 5.38. The van der Waals surface area contributed by atoms with E-state index in [1.54, 1.807) is 45.9 Å². The van der Waals surface area contributed by atoms with Gasteiger partial charge in [0.15, 0.2) is 0 Å². The second-order valence-corrected chi connectivity index (χ2v) is 8.36. The molecule has 3 rings (SSSR count). The second kappa shape index (κ2) is 9.30. The molecule has 0 aliphatic carbocycles. The van der Waals surface area contributed by atoms with Crippen LogP contribution in [0.2, 0.25) is 0 Å². The quantitative estimate of drug-likeness (QED) is 0.453. The van der Waals surface area contributed by atoms with Gasteiger partial charge in [0.05, 0.1) is 0 Å². The molecule has 0 unspecified atom stereocenters. The van der Waals surface area contributed by atoms with E-state index in [9.17, 15) is 19.1 Å². The first kappa shape index (κ1) is 23.1. The minimum atomic E-state index is -1.19. The number of hydrogen-bond acceptors (Lipinski definition) is 4. The highest BCUT2D eigenvalue weighted by Gasteiger charge is 2.20. The van der Waals surface area contributed by atoms with Crippen molar-refractivity contribution in [3.05, 3.63) is 59.0 Å². The molecule has 1 aromatic heterocycles. The fourth-order valence-electron chi connectivity index (χ4n) is 3.38. The molecule has 0 fully saturated rings. The Kier molecular flexibility index (Phi) is 6.72. The number of benzene rings is 2. The number of aromatic amines is 1. The molecule has 0 spiro atoms. The van der Waals surface area contributed by atoms with E-state index in [4.69, 9.17) is 9.47 Å². The Labute approximate surface area is 185 Å². The third-order valence-electron chi connectivity index (χ3n) is 4.81. The maximum Gasteiger partial charge on any atom is 0.407 e. The lowest BCUT2D eigenvalue weighted by Crippen LogP contribution is -2.33. The molecule has 3 N–H and O–H groups in total. The summed E-state index contributed by atoms with van der Waals surface area (Å²) >= 11 is 0. The van der Waals surface area contributed by atoms with Crippen molar-refractivity contribution in [3.8, 4) is 11.5 Å². The maximum atomic E-state index is 14.2. The number of ether oxygens (including phenoxy) is 2. The number of H-pyrrole nitrogens is 1.